The molecular weight excluding hydrogens is 292 g/mol. The lowest BCUT2D eigenvalue weighted by Gasteiger charge is -2.33. The van der Waals surface area contributed by atoms with Crippen molar-refractivity contribution < 1.29 is 4.74 Å². The molecule has 3 aromatic rings. The van der Waals surface area contributed by atoms with E-state index in [-0.39, 0.29) is 12.1 Å². The van der Waals surface area contributed by atoms with Gasteiger partial charge >= 0.3 is 0 Å². The lowest BCUT2D eigenvalue weighted by atomic mass is 9.95. The van der Waals surface area contributed by atoms with Crippen LogP contribution in [0.1, 0.15) is 30.1 Å². The second kappa shape index (κ2) is 5.92. The zero-order chi connectivity index (χ0) is 15.6. The minimum atomic E-state index is 0.0238. The third kappa shape index (κ3) is 2.87. The maximum absolute atomic E-state index is 6.02. The Labute approximate surface area is 133 Å². The molecule has 1 aliphatic rings. The zero-order valence-corrected chi connectivity index (χ0v) is 12.9. The molecule has 2 atom stereocenters. The number of aromatic nitrogens is 5. The standard InChI is InChI=1S/C16H18N6O/c1-11-4-6-12(7-5-11)16-13(3-2-10-23-16)17-14-8-9-15-18-20-21-22(15)19-14/h4-9,13,16H,2-3,10H2,1H3,(H,17,19)/t13-,16-/m1/s1. The Morgan fingerprint density at radius 1 is 1.17 bits per heavy atom. The van der Waals surface area contributed by atoms with E-state index in [1.807, 2.05) is 12.1 Å². The van der Waals surface area contributed by atoms with E-state index >= 15 is 0 Å². The first kappa shape index (κ1) is 14.1. The van der Waals surface area contributed by atoms with Gasteiger partial charge < -0.3 is 10.1 Å². The van der Waals surface area contributed by atoms with E-state index in [1.165, 1.54) is 15.8 Å². The zero-order valence-electron chi connectivity index (χ0n) is 12.9. The van der Waals surface area contributed by atoms with Crippen molar-refractivity contribution in [3.8, 4) is 0 Å². The molecule has 0 saturated carbocycles. The van der Waals surface area contributed by atoms with Crippen LogP contribution in [0.25, 0.3) is 5.65 Å². The largest absolute Gasteiger partial charge is 0.371 e. The van der Waals surface area contributed by atoms with Crippen LogP contribution in [0.5, 0.6) is 0 Å². The van der Waals surface area contributed by atoms with Crippen molar-refractivity contribution in [2.24, 2.45) is 0 Å². The van der Waals surface area contributed by atoms with E-state index in [9.17, 15) is 0 Å². The molecule has 0 aliphatic carbocycles. The molecule has 0 bridgehead atoms. The van der Waals surface area contributed by atoms with E-state index in [0.29, 0.717) is 5.65 Å². The number of hydrogen-bond acceptors (Lipinski definition) is 6. The van der Waals surface area contributed by atoms with E-state index < -0.39 is 0 Å². The summed E-state index contributed by atoms with van der Waals surface area (Å²) in [4.78, 5) is 0. The maximum atomic E-state index is 6.02. The van der Waals surface area contributed by atoms with E-state index in [0.717, 1.165) is 25.3 Å². The van der Waals surface area contributed by atoms with Gasteiger partial charge in [0, 0.05) is 6.61 Å². The van der Waals surface area contributed by atoms with Gasteiger partial charge in [-0.1, -0.05) is 29.8 Å². The van der Waals surface area contributed by atoms with Gasteiger partial charge in [-0.2, -0.15) is 0 Å². The van der Waals surface area contributed by atoms with Crippen molar-refractivity contribution in [2.75, 3.05) is 11.9 Å². The van der Waals surface area contributed by atoms with Crippen LogP contribution < -0.4 is 5.32 Å². The van der Waals surface area contributed by atoms with Gasteiger partial charge in [-0.3, -0.25) is 0 Å². The lowest BCUT2D eigenvalue weighted by molar-refractivity contribution is 0.00553. The summed E-state index contributed by atoms with van der Waals surface area (Å²) in [7, 11) is 0. The lowest BCUT2D eigenvalue weighted by Crippen LogP contribution is -2.34. The number of rotatable bonds is 3. The molecular formula is C16H18N6O. The summed E-state index contributed by atoms with van der Waals surface area (Å²) in [5.41, 5.74) is 3.07. The fourth-order valence-corrected chi connectivity index (χ4v) is 2.93. The summed E-state index contributed by atoms with van der Waals surface area (Å²) in [6.45, 7) is 2.88. The normalized spacial score (nSPS) is 21.4. The molecule has 0 radical (unpaired) electrons. The maximum Gasteiger partial charge on any atom is 0.200 e. The molecule has 4 rings (SSSR count). The summed E-state index contributed by atoms with van der Waals surface area (Å²) < 4.78 is 7.45. The highest BCUT2D eigenvalue weighted by Gasteiger charge is 2.27. The Hall–Kier alpha value is -2.54. The van der Waals surface area contributed by atoms with Gasteiger partial charge in [-0.05, 0) is 47.9 Å². The van der Waals surface area contributed by atoms with Crippen LogP contribution in [0.15, 0.2) is 36.4 Å². The molecule has 1 saturated heterocycles. The van der Waals surface area contributed by atoms with Gasteiger partial charge in [0.1, 0.15) is 11.9 Å². The van der Waals surface area contributed by atoms with Crippen LogP contribution >= 0.6 is 0 Å². The topological polar surface area (TPSA) is 77.2 Å². The fraction of sp³-hybridized carbons (Fsp3) is 0.375. The van der Waals surface area contributed by atoms with Gasteiger partial charge in [0.2, 0.25) is 0 Å². The van der Waals surface area contributed by atoms with Crippen molar-refractivity contribution in [1.29, 1.82) is 0 Å². The number of tetrazole rings is 1. The highest BCUT2D eigenvalue weighted by atomic mass is 16.5. The Morgan fingerprint density at radius 2 is 2.04 bits per heavy atom. The predicted octanol–water partition coefficient (Wildman–Crippen LogP) is 2.16. The molecule has 1 N–H and O–H groups in total. The Bertz CT molecular complexity index is 800. The number of nitrogens with zero attached hydrogens (tertiary/aromatic N) is 5. The number of fused-ring (bicyclic) bond motifs is 1. The predicted molar refractivity (Wildman–Crippen MR) is 85.1 cm³/mol. The van der Waals surface area contributed by atoms with Crippen LogP contribution in [0.2, 0.25) is 0 Å². The molecule has 0 amide bonds. The third-order valence-corrected chi connectivity index (χ3v) is 4.13. The van der Waals surface area contributed by atoms with Crippen LogP contribution in [0, 0.1) is 6.92 Å². The first-order valence-electron chi connectivity index (χ1n) is 7.80. The molecule has 1 aliphatic heterocycles. The van der Waals surface area contributed by atoms with Crippen LogP contribution in [-0.4, -0.2) is 37.9 Å². The van der Waals surface area contributed by atoms with Crippen molar-refractivity contribution in [3.63, 3.8) is 0 Å². The van der Waals surface area contributed by atoms with Crippen molar-refractivity contribution in [2.45, 2.75) is 31.9 Å². The van der Waals surface area contributed by atoms with Gasteiger partial charge in [-0.15, -0.1) is 14.8 Å². The highest BCUT2D eigenvalue weighted by molar-refractivity contribution is 5.43. The number of benzene rings is 1. The SMILES string of the molecule is Cc1ccc([C@H]2OCCC[C@H]2Nc2ccc3nnnn3n2)cc1. The molecule has 0 spiro atoms. The fourth-order valence-electron chi connectivity index (χ4n) is 2.93. The van der Waals surface area contributed by atoms with E-state index in [1.54, 1.807) is 0 Å². The first-order chi connectivity index (χ1) is 11.3. The smallest absolute Gasteiger partial charge is 0.200 e. The average molecular weight is 310 g/mol. The monoisotopic (exact) mass is 310 g/mol. The molecule has 3 heterocycles. The van der Waals surface area contributed by atoms with Gasteiger partial charge in [0.15, 0.2) is 5.65 Å². The van der Waals surface area contributed by atoms with Crippen molar-refractivity contribution >= 4 is 11.5 Å². The first-order valence-corrected chi connectivity index (χ1v) is 7.80. The summed E-state index contributed by atoms with van der Waals surface area (Å²) in [6.07, 6.45) is 2.09. The van der Waals surface area contributed by atoms with Crippen LogP contribution in [0.3, 0.4) is 0 Å². The van der Waals surface area contributed by atoms with Gasteiger partial charge in [-0.25, -0.2) is 0 Å². The Balaban J connectivity index is 1.58. The van der Waals surface area contributed by atoms with Gasteiger partial charge in [0.25, 0.3) is 0 Å². The number of anilines is 1. The van der Waals surface area contributed by atoms with Crippen molar-refractivity contribution in [1.82, 2.24) is 25.3 Å². The minimum absolute atomic E-state index is 0.0238. The molecule has 1 aromatic carbocycles. The second-order valence-corrected chi connectivity index (χ2v) is 5.84. The van der Waals surface area contributed by atoms with Crippen molar-refractivity contribution in [3.05, 3.63) is 47.5 Å². The molecule has 2 aromatic heterocycles. The molecule has 0 unspecified atom stereocenters. The van der Waals surface area contributed by atoms with E-state index in [2.05, 4.69) is 57.1 Å². The molecule has 7 nitrogen and oxygen atoms in total. The Kier molecular flexibility index (Phi) is 3.63. The molecule has 23 heavy (non-hydrogen) atoms. The van der Waals surface area contributed by atoms with Crippen LogP contribution in [0.4, 0.5) is 5.82 Å². The Morgan fingerprint density at radius 3 is 2.91 bits per heavy atom. The summed E-state index contributed by atoms with van der Waals surface area (Å²) in [6, 6.07) is 12.4. The van der Waals surface area contributed by atoms with E-state index in [4.69, 9.17) is 4.74 Å². The average Bonchev–Trinajstić information content (AvgIpc) is 3.04. The second-order valence-electron chi connectivity index (χ2n) is 5.84. The quantitative estimate of drug-likeness (QED) is 0.799. The summed E-state index contributed by atoms with van der Waals surface area (Å²) in [5, 5.41) is 19.2. The number of hydrogen-bond donors (Lipinski definition) is 1. The van der Waals surface area contributed by atoms with Crippen LogP contribution in [-0.2, 0) is 4.74 Å². The highest BCUT2D eigenvalue weighted by Crippen LogP contribution is 2.30. The number of nitrogens with one attached hydrogen (secondary N) is 1. The van der Waals surface area contributed by atoms with Gasteiger partial charge in [0.05, 0.1) is 6.04 Å². The summed E-state index contributed by atoms with van der Waals surface area (Å²) >= 11 is 0. The minimum Gasteiger partial charge on any atom is -0.371 e. The third-order valence-electron chi connectivity index (χ3n) is 4.13. The number of ether oxygens (including phenoxy) is 1. The molecule has 118 valence electrons. The summed E-state index contributed by atoms with van der Waals surface area (Å²) in [5.74, 6) is 0.748. The molecule has 1 fully saturated rings. The molecule has 7 heteroatoms. The number of aryl methyl sites for hydroxylation is 1.